The molecule has 1 aliphatic heterocycles. The first-order chi connectivity index (χ1) is 12.0. The molecule has 3 rings (SSSR count). The van der Waals surface area contributed by atoms with Crippen molar-refractivity contribution in [2.75, 3.05) is 17.7 Å². The molecule has 0 saturated heterocycles. The van der Waals surface area contributed by atoms with E-state index in [9.17, 15) is 14.4 Å². The van der Waals surface area contributed by atoms with Crippen LogP contribution in [0.25, 0.3) is 0 Å². The van der Waals surface area contributed by atoms with Gasteiger partial charge in [0.25, 0.3) is 5.56 Å². The first kappa shape index (κ1) is 17.7. The second kappa shape index (κ2) is 7.40. The van der Waals surface area contributed by atoms with Crippen molar-refractivity contribution in [2.45, 2.75) is 18.0 Å². The van der Waals surface area contributed by atoms with E-state index in [1.165, 1.54) is 22.9 Å². The van der Waals surface area contributed by atoms with Gasteiger partial charge in [-0.05, 0) is 11.6 Å². The number of hydrogen-bond acceptors (Lipinski definition) is 5. The Kier molecular flexibility index (Phi) is 5.24. The molecule has 0 spiro atoms. The summed E-state index contributed by atoms with van der Waals surface area (Å²) in [7, 11) is 1.56. The van der Waals surface area contributed by atoms with Gasteiger partial charge in [0.1, 0.15) is 12.2 Å². The Balaban J connectivity index is 1.73. The van der Waals surface area contributed by atoms with Crippen LogP contribution in [0.2, 0.25) is 0 Å². The van der Waals surface area contributed by atoms with Crippen LogP contribution in [0, 0.1) is 0 Å². The maximum Gasteiger partial charge on any atom is 0.292 e. The van der Waals surface area contributed by atoms with Crippen molar-refractivity contribution in [1.29, 1.82) is 0 Å². The molecule has 0 radical (unpaired) electrons. The third kappa shape index (κ3) is 3.77. The summed E-state index contributed by atoms with van der Waals surface area (Å²) in [5.74, 6) is -0.199. The first-order valence-corrected chi connectivity index (χ1v) is 9.25. The van der Waals surface area contributed by atoms with Gasteiger partial charge in [-0.1, -0.05) is 34.1 Å². The van der Waals surface area contributed by atoms with Crippen LogP contribution in [-0.4, -0.2) is 34.4 Å². The van der Waals surface area contributed by atoms with Crippen molar-refractivity contribution in [3.8, 4) is 0 Å². The summed E-state index contributed by atoms with van der Waals surface area (Å²) in [6.45, 7) is 0.136. The maximum atomic E-state index is 12.5. The highest BCUT2D eigenvalue weighted by molar-refractivity contribution is 9.10. The number of carbonyl (C=O) groups excluding carboxylic acids is 2. The second-order valence-corrected chi connectivity index (χ2v) is 7.30. The molecule has 1 aliphatic rings. The van der Waals surface area contributed by atoms with Crippen molar-refractivity contribution in [3.63, 3.8) is 0 Å². The zero-order chi connectivity index (χ0) is 18.0. The van der Waals surface area contributed by atoms with Gasteiger partial charge < -0.3 is 10.2 Å². The van der Waals surface area contributed by atoms with Gasteiger partial charge in [-0.25, -0.2) is 4.68 Å². The number of amides is 2. The molecule has 1 aromatic heterocycles. The molecule has 130 valence electrons. The van der Waals surface area contributed by atoms with Crippen LogP contribution in [0.15, 0.2) is 44.6 Å². The Morgan fingerprint density at radius 1 is 1.36 bits per heavy atom. The molecule has 7 nitrogen and oxygen atoms in total. The van der Waals surface area contributed by atoms with Crippen molar-refractivity contribution in [3.05, 3.63) is 50.9 Å². The molecule has 9 heteroatoms. The minimum absolute atomic E-state index is 0.147. The number of anilines is 1. The fourth-order valence-corrected chi connectivity index (χ4v) is 3.76. The van der Waals surface area contributed by atoms with E-state index in [4.69, 9.17) is 0 Å². The van der Waals surface area contributed by atoms with Crippen molar-refractivity contribution in [2.24, 2.45) is 0 Å². The van der Waals surface area contributed by atoms with Crippen molar-refractivity contribution in [1.82, 2.24) is 15.1 Å². The predicted octanol–water partition coefficient (Wildman–Crippen LogP) is 1.39. The molecule has 0 saturated carbocycles. The van der Waals surface area contributed by atoms with E-state index >= 15 is 0 Å². The fourth-order valence-electron chi connectivity index (χ4n) is 2.38. The number of aromatic nitrogens is 2. The van der Waals surface area contributed by atoms with Gasteiger partial charge in [0.2, 0.25) is 11.8 Å². The standard InChI is InChI=1S/C16H15BrN4O3S/c1-20-14(23)9-25-12-7-19-21(16(24)15(12)20)8-13(22)18-6-10-4-2-3-5-11(10)17/h2-5,7H,6,8-9H2,1H3,(H,18,22). The molecule has 25 heavy (non-hydrogen) atoms. The molecule has 2 aromatic rings. The van der Waals surface area contributed by atoms with Crippen LogP contribution in [0.5, 0.6) is 0 Å². The third-order valence-electron chi connectivity index (χ3n) is 3.77. The van der Waals surface area contributed by atoms with E-state index in [1.807, 2.05) is 24.3 Å². The average Bonchev–Trinajstić information content (AvgIpc) is 2.59. The Bertz CT molecular complexity index is 899. The first-order valence-electron chi connectivity index (χ1n) is 7.47. The smallest absolute Gasteiger partial charge is 0.292 e. The Morgan fingerprint density at radius 2 is 2.12 bits per heavy atom. The second-order valence-electron chi connectivity index (χ2n) is 5.43. The van der Waals surface area contributed by atoms with Gasteiger partial charge in [-0.3, -0.25) is 14.4 Å². The molecule has 0 bridgehead atoms. The summed E-state index contributed by atoms with van der Waals surface area (Å²) in [5.41, 5.74) is 0.759. The van der Waals surface area contributed by atoms with E-state index < -0.39 is 5.56 Å². The Morgan fingerprint density at radius 3 is 2.88 bits per heavy atom. The van der Waals surface area contributed by atoms with E-state index in [-0.39, 0.29) is 29.8 Å². The SMILES string of the molecule is CN1C(=O)CSc2cnn(CC(=O)NCc3ccccc3Br)c(=O)c21. The van der Waals surface area contributed by atoms with Gasteiger partial charge in [0, 0.05) is 18.1 Å². The average molecular weight is 423 g/mol. The molecule has 0 unspecified atom stereocenters. The minimum Gasteiger partial charge on any atom is -0.350 e. The van der Waals surface area contributed by atoms with Gasteiger partial charge in [0.05, 0.1) is 16.8 Å². The lowest BCUT2D eigenvalue weighted by atomic mass is 10.2. The molecule has 1 N–H and O–H groups in total. The quantitative estimate of drug-likeness (QED) is 0.804. The lowest BCUT2D eigenvalue weighted by Gasteiger charge is -2.24. The maximum absolute atomic E-state index is 12.5. The highest BCUT2D eigenvalue weighted by atomic mass is 79.9. The highest BCUT2D eigenvalue weighted by Gasteiger charge is 2.26. The minimum atomic E-state index is -0.448. The van der Waals surface area contributed by atoms with Crippen molar-refractivity contribution < 1.29 is 9.59 Å². The van der Waals surface area contributed by atoms with Crippen LogP contribution in [-0.2, 0) is 22.7 Å². The monoisotopic (exact) mass is 422 g/mol. The molecule has 2 amide bonds. The third-order valence-corrected chi connectivity index (χ3v) is 5.55. The summed E-state index contributed by atoms with van der Waals surface area (Å²) >= 11 is 4.70. The zero-order valence-corrected chi connectivity index (χ0v) is 15.8. The zero-order valence-electron chi connectivity index (χ0n) is 13.4. The number of nitrogens with one attached hydrogen (secondary N) is 1. The Labute approximate surface area is 156 Å². The van der Waals surface area contributed by atoms with Crippen LogP contribution in [0.4, 0.5) is 5.69 Å². The Hall–Kier alpha value is -2.13. The molecular formula is C16H15BrN4O3S. The number of benzene rings is 1. The lowest BCUT2D eigenvalue weighted by Crippen LogP contribution is -2.40. The number of carbonyl (C=O) groups is 2. The van der Waals surface area contributed by atoms with Gasteiger partial charge in [-0.15, -0.1) is 11.8 Å². The molecule has 0 aliphatic carbocycles. The lowest BCUT2D eigenvalue weighted by molar-refractivity contribution is -0.122. The molecule has 0 atom stereocenters. The number of fused-ring (bicyclic) bond motifs is 1. The highest BCUT2D eigenvalue weighted by Crippen LogP contribution is 2.30. The van der Waals surface area contributed by atoms with E-state index in [0.717, 1.165) is 14.7 Å². The molecule has 0 fully saturated rings. The van der Waals surface area contributed by atoms with E-state index in [1.54, 1.807) is 7.05 Å². The molecule has 1 aromatic carbocycles. The van der Waals surface area contributed by atoms with Crippen LogP contribution in [0.1, 0.15) is 5.56 Å². The summed E-state index contributed by atoms with van der Waals surface area (Å²) < 4.78 is 1.97. The molecular weight excluding hydrogens is 408 g/mol. The van der Waals surface area contributed by atoms with Gasteiger partial charge in [0.15, 0.2) is 0 Å². The topological polar surface area (TPSA) is 84.3 Å². The number of rotatable bonds is 4. The van der Waals surface area contributed by atoms with E-state index in [2.05, 4.69) is 26.3 Å². The van der Waals surface area contributed by atoms with Crippen molar-refractivity contribution >= 4 is 45.2 Å². The van der Waals surface area contributed by atoms with Crippen LogP contribution in [0.3, 0.4) is 0 Å². The molecule has 2 heterocycles. The summed E-state index contributed by atoms with van der Waals surface area (Å²) in [5, 5.41) is 6.80. The number of thioether (sulfide) groups is 1. The fraction of sp³-hybridized carbons (Fsp3) is 0.250. The summed E-state index contributed by atoms with van der Waals surface area (Å²) in [4.78, 5) is 38.5. The summed E-state index contributed by atoms with van der Waals surface area (Å²) in [6.07, 6.45) is 1.52. The summed E-state index contributed by atoms with van der Waals surface area (Å²) in [6, 6.07) is 7.56. The van der Waals surface area contributed by atoms with Gasteiger partial charge >= 0.3 is 0 Å². The van der Waals surface area contributed by atoms with Crippen LogP contribution < -0.4 is 15.8 Å². The van der Waals surface area contributed by atoms with Crippen LogP contribution >= 0.6 is 27.7 Å². The number of halogens is 1. The van der Waals surface area contributed by atoms with Gasteiger partial charge in [-0.2, -0.15) is 5.10 Å². The number of nitrogens with zero attached hydrogens (tertiary/aromatic N) is 3. The predicted molar refractivity (Wildman–Crippen MR) is 98.6 cm³/mol. The number of hydrogen-bond donors (Lipinski definition) is 1. The normalized spacial score (nSPS) is 13.5. The largest absolute Gasteiger partial charge is 0.350 e. The van der Waals surface area contributed by atoms with E-state index in [0.29, 0.717) is 11.4 Å².